The maximum absolute atomic E-state index is 11.9. The molecule has 10 heteroatoms. The van der Waals surface area contributed by atoms with E-state index in [1.165, 1.54) is 0 Å². The lowest BCUT2D eigenvalue weighted by Crippen LogP contribution is -2.32. The Morgan fingerprint density at radius 2 is 1.93 bits per heavy atom. The summed E-state index contributed by atoms with van der Waals surface area (Å²) in [5.74, 6) is 0.361. The minimum Gasteiger partial charge on any atom is -0.489 e. The number of carbonyl (C=O) groups excluding carboxylic acids is 1. The first kappa shape index (κ1) is 22.7. The van der Waals surface area contributed by atoms with Crippen molar-refractivity contribution in [1.82, 2.24) is 20.9 Å². The minimum atomic E-state index is -0.421. The highest BCUT2D eigenvalue weighted by Gasteiger charge is 2.14. The van der Waals surface area contributed by atoms with Crippen molar-refractivity contribution in [2.75, 3.05) is 18.8 Å². The zero-order valence-corrected chi connectivity index (χ0v) is 17.8. The molecule has 1 aromatic heterocycles. The molecule has 0 saturated carbocycles. The fraction of sp³-hybridized carbons (Fsp3) is 0.211. The van der Waals surface area contributed by atoms with Gasteiger partial charge in [0, 0.05) is 29.7 Å². The van der Waals surface area contributed by atoms with E-state index in [9.17, 15) is 4.79 Å². The van der Waals surface area contributed by atoms with E-state index in [2.05, 4.69) is 41.5 Å². The average Bonchev–Trinajstić information content (AvgIpc) is 3.14. The van der Waals surface area contributed by atoms with Crippen molar-refractivity contribution in [3.8, 4) is 5.75 Å². The highest BCUT2D eigenvalue weighted by atomic mass is 79.9. The molecule has 2 aromatic carbocycles. The Balaban J connectivity index is 0.00000300. The third kappa shape index (κ3) is 6.74. The van der Waals surface area contributed by atoms with E-state index >= 15 is 0 Å². The van der Waals surface area contributed by atoms with Gasteiger partial charge in [0.1, 0.15) is 12.4 Å². The Kier molecular flexibility index (Phi) is 8.91. The van der Waals surface area contributed by atoms with Gasteiger partial charge in [-0.3, -0.25) is 4.79 Å². The van der Waals surface area contributed by atoms with Crippen molar-refractivity contribution in [3.05, 3.63) is 69.8 Å². The van der Waals surface area contributed by atoms with Crippen molar-refractivity contribution in [2.45, 2.75) is 13.2 Å². The lowest BCUT2D eigenvalue weighted by molar-refractivity contribution is 0.0944. The Morgan fingerprint density at radius 1 is 1.14 bits per heavy atom. The van der Waals surface area contributed by atoms with Crippen LogP contribution in [0.3, 0.4) is 0 Å². The van der Waals surface area contributed by atoms with Gasteiger partial charge in [-0.1, -0.05) is 46.3 Å². The fourth-order valence-corrected chi connectivity index (χ4v) is 2.89. The smallest absolute Gasteiger partial charge is 0.277 e. The van der Waals surface area contributed by atoms with E-state index in [1.807, 2.05) is 48.5 Å². The monoisotopic (exact) mass is 481 g/mol. The standard InChI is InChI=1S/C19H20BrN5O3.ClH/c20-15-6-7-16(27-12-13-4-2-1-3-5-13)14(10-15)11-22-8-9-23-19(26)17-18(21)25-28-24-17;/h1-7,10,22H,8-9,11-12H2,(H2,21,25)(H,23,26);1H. The molecule has 0 aliphatic carbocycles. The van der Waals surface area contributed by atoms with Crippen LogP contribution in [-0.2, 0) is 13.2 Å². The molecule has 29 heavy (non-hydrogen) atoms. The summed E-state index contributed by atoms with van der Waals surface area (Å²) in [5.41, 5.74) is 7.60. The second-order valence-electron chi connectivity index (χ2n) is 5.96. The molecule has 154 valence electrons. The van der Waals surface area contributed by atoms with Gasteiger partial charge in [-0.15, -0.1) is 12.4 Å². The van der Waals surface area contributed by atoms with Crippen molar-refractivity contribution < 1.29 is 14.2 Å². The number of nitrogen functional groups attached to an aromatic ring is 1. The van der Waals surface area contributed by atoms with Crippen molar-refractivity contribution >= 4 is 40.1 Å². The Labute approximate surface area is 182 Å². The van der Waals surface area contributed by atoms with Crippen LogP contribution in [0.15, 0.2) is 57.6 Å². The number of ether oxygens (including phenoxy) is 1. The second-order valence-corrected chi connectivity index (χ2v) is 6.87. The molecule has 0 fully saturated rings. The van der Waals surface area contributed by atoms with E-state index in [-0.39, 0.29) is 23.9 Å². The van der Waals surface area contributed by atoms with Crippen LogP contribution in [0, 0.1) is 0 Å². The summed E-state index contributed by atoms with van der Waals surface area (Å²) >= 11 is 3.49. The molecule has 0 bridgehead atoms. The number of aromatic nitrogens is 2. The minimum absolute atomic E-state index is 0. The van der Waals surface area contributed by atoms with Crippen molar-refractivity contribution in [2.24, 2.45) is 0 Å². The summed E-state index contributed by atoms with van der Waals surface area (Å²) in [6.07, 6.45) is 0. The molecular weight excluding hydrogens is 462 g/mol. The molecule has 8 nitrogen and oxygen atoms in total. The SMILES string of the molecule is Cl.Nc1nonc1C(=O)NCCNCc1cc(Br)ccc1OCc1ccccc1. The van der Waals surface area contributed by atoms with Gasteiger partial charge >= 0.3 is 0 Å². The normalized spacial score (nSPS) is 10.2. The summed E-state index contributed by atoms with van der Waals surface area (Å²) in [6.45, 7) is 2.05. The molecule has 0 spiro atoms. The number of carbonyl (C=O) groups is 1. The van der Waals surface area contributed by atoms with Crippen LogP contribution in [0.1, 0.15) is 21.6 Å². The van der Waals surface area contributed by atoms with E-state index in [0.717, 1.165) is 21.3 Å². The number of nitrogens with zero attached hydrogens (tertiary/aromatic N) is 2. The van der Waals surface area contributed by atoms with Crippen LogP contribution in [0.4, 0.5) is 5.82 Å². The van der Waals surface area contributed by atoms with Crippen LogP contribution in [-0.4, -0.2) is 29.3 Å². The first-order valence-electron chi connectivity index (χ1n) is 8.65. The van der Waals surface area contributed by atoms with Crippen molar-refractivity contribution in [3.63, 3.8) is 0 Å². The number of amides is 1. The molecular formula is C19H21BrClN5O3. The number of hydrogen-bond donors (Lipinski definition) is 3. The predicted molar refractivity (Wildman–Crippen MR) is 115 cm³/mol. The van der Waals surface area contributed by atoms with Gasteiger partial charge < -0.3 is 21.1 Å². The zero-order valence-electron chi connectivity index (χ0n) is 15.4. The maximum Gasteiger partial charge on any atom is 0.277 e. The highest BCUT2D eigenvalue weighted by molar-refractivity contribution is 9.10. The second kappa shape index (κ2) is 11.4. The summed E-state index contributed by atoms with van der Waals surface area (Å²) in [6, 6.07) is 15.9. The van der Waals surface area contributed by atoms with E-state index in [4.69, 9.17) is 10.5 Å². The molecule has 0 unspecified atom stereocenters. The Morgan fingerprint density at radius 3 is 2.66 bits per heavy atom. The Hall–Kier alpha value is -2.62. The van der Waals surface area contributed by atoms with Crippen molar-refractivity contribution in [1.29, 1.82) is 0 Å². The summed E-state index contributed by atoms with van der Waals surface area (Å²) in [5, 5.41) is 12.8. The van der Waals surface area contributed by atoms with E-state index in [0.29, 0.717) is 26.2 Å². The lowest BCUT2D eigenvalue weighted by Gasteiger charge is -2.13. The van der Waals surface area contributed by atoms with Crippen LogP contribution in [0.25, 0.3) is 0 Å². The summed E-state index contributed by atoms with van der Waals surface area (Å²) in [7, 11) is 0. The molecule has 1 heterocycles. The van der Waals surface area contributed by atoms with Gasteiger partial charge in [0.25, 0.3) is 5.91 Å². The van der Waals surface area contributed by atoms with Gasteiger partial charge in [0.05, 0.1) is 0 Å². The quantitative estimate of drug-likeness (QED) is 0.402. The largest absolute Gasteiger partial charge is 0.489 e. The van der Waals surface area contributed by atoms with Crippen LogP contribution in [0.2, 0.25) is 0 Å². The van der Waals surface area contributed by atoms with Gasteiger partial charge in [-0.05, 0) is 34.1 Å². The first-order chi connectivity index (χ1) is 13.6. The van der Waals surface area contributed by atoms with Crippen LogP contribution < -0.4 is 21.1 Å². The molecule has 3 aromatic rings. The van der Waals surface area contributed by atoms with Gasteiger partial charge in [0.2, 0.25) is 11.5 Å². The molecule has 0 aliphatic rings. The number of rotatable bonds is 9. The molecule has 0 saturated heterocycles. The van der Waals surface area contributed by atoms with Gasteiger partial charge in [0.15, 0.2) is 0 Å². The number of nitrogens with two attached hydrogens (primary N) is 1. The highest BCUT2D eigenvalue weighted by Crippen LogP contribution is 2.24. The van der Waals surface area contributed by atoms with E-state index in [1.54, 1.807) is 0 Å². The number of anilines is 1. The third-order valence-corrected chi connectivity index (χ3v) is 4.38. The molecule has 0 atom stereocenters. The maximum atomic E-state index is 11.9. The first-order valence-corrected chi connectivity index (χ1v) is 9.45. The van der Waals surface area contributed by atoms with Gasteiger partial charge in [-0.2, -0.15) is 0 Å². The van der Waals surface area contributed by atoms with Gasteiger partial charge in [-0.25, -0.2) is 4.63 Å². The number of benzene rings is 2. The van der Waals surface area contributed by atoms with Crippen LogP contribution in [0.5, 0.6) is 5.75 Å². The zero-order chi connectivity index (χ0) is 19.8. The molecule has 1 amide bonds. The van der Waals surface area contributed by atoms with Crippen LogP contribution >= 0.6 is 28.3 Å². The number of nitrogens with one attached hydrogen (secondary N) is 2. The Bertz CT molecular complexity index is 923. The third-order valence-electron chi connectivity index (χ3n) is 3.89. The summed E-state index contributed by atoms with van der Waals surface area (Å²) < 4.78 is 11.3. The number of hydrogen-bond acceptors (Lipinski definition) is 7. The average molecular weight is 483 g/mol. The lowest BCUT2D eigenvalue weighted by atomic mass is 10.2. The molecule has 4 N–H and O–H groups in total. The predicted octanol–water partition coefficient (Wildman–Crippen LogP) is 2.93. The molecule has 3 rings (SSSR count). The van der Waals surface area contributed by atoms with E-state index < -0.39 is 5.91 Å². The summed E-state index contributed by atoms with van der Waals surface area (Å²) in [4.78, 5) is 11.9. The molecule has 0 radical (unpaired) electrons. The topological polar surface area (TPSA) is 115 Å². The number of halogens is 2. The fourth-order valence-electron chi connectivity index (χ4n) is 2.49. The molecule has 0 aliphatic heterocycles.